The van der Waals surface area contributed by atoms with E-state index in [-0.39, 0.29) is 34.7 Å². The van der Waals surface area contributed by atoms with Crippen LogP contribution in [-0.4, -0.2) is 42.8 Å². The number of hydrogen-bond donors (Lipinski definition) is 0. The molecule has 2 heterocycles. The van der Waals surface area contributed by atoms with Crippen molar-refractivity contribution >= 4 is 22.4 Å². The average molecular weight is 475 g/mol. The normalized spacial score (nSPS) is 17.5. The Hall–Kier alpha value is -4.11. The summed E-state index contributed by atoms with van der Waals surface area (Å²) >= 11 is 0. The Morgan fingerprint density at radius 2 is 1.71 bits per heavy atom. The number of halogens is 1. The number of nitrogens with zero attached hydrogens (tertiary/aromatic N) is 6. The summed E-state index contributed by atoms with van der Waals surface area (Å²) in [6, 6.07) is 12.3. The highest BCUT2D eigenvalue weighted by molar-refractivity contribution is 5.92. The minimum absolute atomic E-state index is 0.0281. The Morgan fingerprint density at radius 3 is 2.31 bits per heavy atom. The lowest BCUT2D eigenvalue weighted by atomic mass is 9.88. The highest BCUT2D eigenvalue weighted by Crippen LogP contribution is 2.36. The molecule has 9 heteroatoms. The van der Waals surface area contributed by atoms with Crippen LogP contribution in [0.3, 0.4) is 0 Å². The number of benzene rings is 1. The van der Waals surface area contributed by atoms with E-state index < -0.39 is 0 Å². The van der Waals surface area contributed by atoms with E-state index in [9.17, 15) is 19.7 Å². The van der Waals surface area contributed by atoms with E-state index in [0.717, 1.165) is 31.4 Å². The molecule has 1 fully saturated rings. The molecule has 0 atom stereocenters. The number of ether oxygens (including phenoxy) is 1. The van der Waals surface area contributed by atoms with Gasteiger partial charge in [0, 0.05) is 39.3 Å². The lowest BCUT2D eigenvalue weighted by molar-refractivity contribution is 0.370. The topological polar surface area (TPSA) is 98.2 Å². The molecule has 0 aliphatic heterocycles. The maximum atomic E-state index is 13.6. The highest BCUT2D eigenvalue weighted by atomic mass is 19.1. The number of methoxy groups -OCH3 is 1. The predicted molar refractivity (Wildman–Crippen MR) is 132 cm³/mol. The first-order valence-corrected chi connectivity index (χ1v) is 11.4. The Balaban J connectivity index is 1.63. The molecule has 180 valence electrons. The molecule has 0 spiro atoms. The van der Waals surface area contributed by atoms with Gasteiger partial charge >= 0.3 is 0 Å². The van der Waals surface area contributed by atoms with Crippen molar-refractivity contribution in [2.45, 2.75) is 37.8 Å². The van der Waals surface area contributed by atoms with Gasteiger partial charge < -0.3 is 19.1 Å². The average Bonchev–Trinajstić information content (AvgIpc) is 2.89. The summed E-state index contributed by atoms with van der Waals surface area (Å²) < 4.78 is 20.4. The molecule has 1 aromatic carbocycles. The van der Waals surface area contributed by atoms with Gasteiger partial charge in [0.15, 0.2) is 0 Å². The van der Waals surface area contributed by atoms with Gasteiger partial charge in [-0.05, 0) is 49.9 Å². The number of pyridine rings is 2. The summed E-state index contributed by atoms with van der Waals surface area (Å²) in [5, 5.41) is 19.2. The van der Waals surface area contributed by atoms with Gasteiger partial charge in [-0.25, -0.2) is 9.37 Å². The number of nitriles is 2. The molecule has 0 saturated heterocycles. The number of hydrogen-bond acceptors (Lipinski definition) is 7. The molecular formula is C26H27FN6O2. The van der Waals surface area contributed by atoms with Crippen molar-refractivity contribution in [3.05, 3.63) is 57.8 Å². The number of fused-ring (bicyclic) bond motifs is 1. The monoisotopic (exact) mass is 474 g/mol. The van der Waals surface area contributed by atoms with Crippen molar-refractivity contribution in [3.63, 3.8) is 0 Å². The molecular weight excluding hydrogens is 447 g/mol. The fourth-order valence-electron chi connectivity index (χ4n) is 5.05. The van der Waals surface area contributed by atoms with Crippen LogP contribution >= 0.6 is 0 Å². The third-order valence-corrected chi connectivity index (χ3v) is 7.08. The molecule has 35 heavy (non-hydrogen) atoms. The minimum atomic E-state index is -0.384. The molecule has 8 nitrogen and oxygen atoms in total. The van der Waals surface area contributed by atoms with Crippen LogP contribution in [0.25, 0.3) is 11.0 Å². The van der Waals surface area contributed by atoms with E-state index in [1.807, 2.05) is 25.1 Å². The lowest BCUT2D eigenvalue weighted by Crippen LogP contribution is -2.42. The third-order valence-electron chi connectivity index (χ3n) is 7.08. The zero-order valence-corrected chi connectivity index (χ0v) is 20.2. The third kappa shape index (κ3) is 4.26. The minimum Gasteiger partial charge on any atom is -0.494 e. The standard InChI is InChI=1S/C26H27FN6O2/c1-31(21-11-5-16(27)13-23(21)35-4)18-7-9-19(10-8-18)32(2)25-20(15-29)26(34)33(3)22-12-6-17(14-28)30-24(22)25/h5-6,11-13,18-19H,7-10H2,1-4H3/t18-,19-. The Kier molecular flexibility index (Phi) is 6.61. The summed E-state index contributed by atoms with van der Waals surface area (Å²) in [5.74, 6) is 0.156. The second-order valence-electron chi connectivity index (χ2n) is 8.88. The molecule has 1 aliphatic rings. The lowest BCUT2D eigenvalue weighted by Gasteiger charge is -2.40. The smallest absolute Gasteiger partial charge is 0.270 e. The molecule has 0 N–H and O–H groups in total. The largest absolute Gasteiger partial charge is 0.494 e. The van der Waals surface area contributed by atoms with Gasteiger partial charge in [-0.15, -0.1) is 0 Å². The van der Waals surface area contributed by atoms with Crippen LogP contribution in [0.15, 0.2) is 35.1 Å². The fourth-order valence-corrected chi connectivity index (χ4v) is 5.05. The molecule has 1 aliphatic carbocycles. The fraction of sp³-hybridized carbons (Fsp3) is 0.385. The van der Waals surface area contributed by atoms with Crippen molar-refractivity contribution in [1.29, 1.82) is 10.5 Å². The van der Waals surface area contributed by atoms with Crippen LogP contribution in [0.1, 0.15) is 36.9 Å². The zero-order chi connectivity index (χ0) is 25.3. The predicted octanol–water partition coefficient (Wildman–Crippen LogP) is 3.71. The molecule has 0 unspecified atom stereocenters. The summed E-state index contributed by atoms with van der Waals surface area (Å²) in [7, 11) is 7.01. The Labute approximate surface area is 203 Å². The van der Waals surface area contributed by atoms with Crippen LogP contribution in [-0.2, 0) is 7.05 Å². The Bertz CT molecular complexity index is 1410. The molecule has 0 bridgehead atoms. The van der Waals surface area contributed by atoms with E-state index >= 15 is 0 Å². The molecule has 0 amide bonds. The maximum Gasteiger partial charge on any atom is 0.270 e. The van der Waals surface area contributed by atoms with E-state index in [1.165, 1.54) is 23.8 Å². The second kappa shape index (κ2) is 9.63. The van der Waals surface area contributed by atoms with E-state index in [0.29, 0.717) is 22.5 Å². The first-order valence-electron chi connectivity index (χ1n) is 11.4. The number of anilines is 2. The van der Waals surface area contributed by atoms with Gasteiger partial charge in [0.2, 0.25) is 0 Å². The van der Waals surface area contributed by atoms with Gasteiger partial charge in [0.05, 0.1) is 24.0 Å². The molecule has 3 aromatic rings. The summed E-state index contributed by atoms with van der Waals surface area (Å²) in [4.78, 5) is 21.5. The quantitative estimate of drug-likeness (QED) is 0.556. The Morgan fingerprint density at radius 1 is 1.06 bits per heavy atom. The van der Waals surface area contributed by atoms with Crippen molar-refractivity contribution in [3.8, 4) is 17.9 Å². The van der Waals surface area contributed by atoms with E-state index in [4.69, 9.17) is 4.74 Å². The SMILES string of the molecule is COc1cc(F)ccc1N(C)[C@H]1CC[C@H](N(C)c2c(C#N)c(=O)n(C)c3ccc(C#N)nc23)CC1. The van der Waals surface area contributed by atoms with Gasteiger partial charge in [-0.2, -0.15) is 10.5 Å². The highest BCUT2D eigenvalue weighted by Gasteiger charge is 2.30. The van der Waals surface area contributed by atoms with E-state index in [1.54, 1.807) is 25.2 Å². The second-order valence-corrected chi connectivity index (χ2v) is 8.88. The van der Waals surface area contributed by atoms with Crippen LogP contribution in [0, 0.1) is 28.5 Å². The van der Waals surface area contributed by atoms with Crippen molar-refractivity contribution in [1.82, 2.24) is 9.55 Å². The van der Waals surface area contributed by atoms with Crippen LogP contribution in [0.2, 0.25) is 0 Å². The number of rotatable bonds is 5. The summed E-state index contributed by atoms with van der Waals surface area (Å²) in [5.41, 5.74) is 2.23. The first-order chi connectivity index (χ1) is 16.8. The van der Waals surface area contributed by atoms with Gasteiger partial charge in [-0.1, -0.05) is 0 Å². The zero-order valence-electron chi connectivity index (χ0n) is 20.2. The van der Waals surface area contributed by atoms with Crippen LogP contribution in [0.4, 0.5) is 15.8 Å². The van der Waals surface area contributed by atoms with Gasteiger partial charge in [0.25, 0.3) is 5.56 Å². The summed E-state index contributed by atoms with van der Waals surface area (Å²) in [6.45, 7) is 0. The van der Waals surface area contributed by atoms with Crippen molar-refractivity contribution in [2.24, 2.45) is 7.05 Å². The first kappa shape index (κ1) is 24.0. The molecule has 0 radical (unpaired) electrons. The van der Waals surface area contributed by atoms with Crippen LogP contribution in [0.5, 0.6) is 5.75 Å². The molecule has 4 rings (SSSR count). The van der Waals surface area contributed by atoms with Gasteiger partial charge in [0.1, 0.15) is 40.5 Å². The number of aryl methyl sites for hydroxylation is 1. The molecule has 1 saturated carbocycles. The summed E-state index contributed by atoms with van der Waals surface area (Å²) in [6.07, 6.45) is 3.39. The van der Waals surface area contributed by atoms with Crippen LogP contribution < -0.4 is 20.1 Å². The van der Waals surface area contributed by atoms with Crippen molar-refractivity contribution < 1.29 is 9.13 Å². The van der Waals surface area contributed by atoms with Gasteiger partial charge in [-0.3, -0.25) is 4.79 Å². The maximum absolute atomic E-state index is 13.6. The van der Waals surface area contributed by atoms with Crippen molar-refractivity contribution in [2.75, 3.05) is 31.0 Å². The van der Waals surface area contributed by atoms with E-state index in [2.05, 4.69) is 16.0 Å². The number of aromatic nitrogens is 2. The molecule has 2 aromatic heterocycles.